The van der Waals surface area contributed by atoms with E-state index in [1.165, 1.54) is 20.0 Å². The minimum atomic E-state index is -0.722. The minimum Gasteiger partial charge on any atom is -0.469 e. The molecule has 0 aliphatic heterocycles. The zero-order valence-electron chi connectivity index (χ0n) is 15.3. The third kappa shape index (κ3) is 14.7. The maximum atomic E-state index is 10.9. The Morgan fingerprint density at radius 2 is 1.54 bits per heavy atom. The second-order valence-corrected chi connectivity index (χ2v) is 6.43. The Labute approximate surface area is 146 Å². The Kier molecular flexibility index (Phi) is 15.0. The van der Waals surface area contributed by atoms with Gasteiger partial charge in [0.2, 0.25) is 0 Å². The van der Waals surface area contributed by atoms with Gasteiger partial charge < -0.3 is 20.1 Å². The molecule has 24 heavy (non-hydrogen) atoms. The van der Waals surface area contributed by atoms with Crippen molar-refractivity contribution in [1.29, 1.82) is 0 Å². The Bertz CT molecular complexity index is 330. The van der Waals surface area contributed by atoms with E-state index < -0.39 is 18.3 Å². The van der Waals surface area contributed by atoms with Crippen LogP contribution in [0.2, 0.25) is 0 Å². The molecule has 0 aromatic carbocycles. The lowest BCUT2D eigenvalue weighted by Gasteiger charge is -2.13. The van der Waals surface area contributed by atoms with E-state index in [9.17, 15) is 20.1 Å². The standard InChI is InChI=1S/C19H36O5/c1-3-4-5-7-11-17(21)15-18(22)14-13-16(20)10-8-6-9-12-19(23)24-2/h13-14,16-18,20-22H,3-12,15H2,1-2H3/b14-13+. The maximum Gasteiger partial charge on any atom is 0.305 e. The first-order valence-corrected chi connectivity index (χ1v) is 9.28. The second-order valence-electron chi connectivity index (χ2n) is 6.43. The van der Waals surface area contributed by atoms with Crippen LogP contribution in [0.1, 0.15) is 77.6 Å². The molecule has 0 rings (SSSR count). The van der Waals surface area contributed by atoms with Gasteiger partial charge in [-0.2, -0.15) is 0 Å². The number of rotatable bonds is 15. The number of aliphatic hydroxyl groups is 3. The summed E-state index contributed by atoms with van der Waals surface area (Å²) in [6, 6.07) is 0. The highest BCUT2D eigenvalue weighted by molar-refractivity contribution is 5.68. The van der Waals surface area contributed by atoms with Crippen molar-refractivity contribution in [1.82, 2.24) is 0 Å². The van der Waals surface area contributed by atoms with Crippen LogP contribution in [0, 0.1) is 0 Å². The molecule has 5 nitrogen and oxygen atoms in total. The van der Waals surface area contributed by atoms with Crippen LogP contribution < -0.4 is 0 Å². The number of esters is 1. The van der Waals surface area contributed by atoms with Gasteiger partial charge in [0.25, 0.3) is 0 Å². The lowest BCUT2D eigenvalue weighted by Crippen LogP contribution is -2.16. The first-order chi connectivity index (χ1) is 11.5. The Morgan fingerprint density at radius 3 is 2.21 bits per heavy atom. The maximum absolute atomic E-state index is 10.9. The number of ether oxygens (including phenoxy) is 1. The third-order valence-corrected chi connectivity index (χ3v) is 4.07. The molecule has 0 spiro atoms. The summed E-state index contributed by atoms with van der Waals surface area (Å²) in [5.74, 6) is -0.202. The molecule has 0 fully saturated rings. The van der Waals surface area contributed by atoms with Gasteiger partial charge in [-0.15, -0.1) is 0 Å². The smallest absolute Gasteiger partial charge is 0.305 e. The predicted molar refractivity (Wildman–Crippen MR) is 95.6 cm³/mol. The molecular weight excluding hydrogens is 308 g/mol. The summed E-state index contributed by atoms with van der Waals surface area (Å²) in [6.45, 7) is 2.15. The fourth-order valence-corrected chi connectivity index (χ4v) is 2.54. The van der Waals surface area contributed by atoms with Crippen LogP contribution in [0.5, 0.6) is 0 Å². The molecular formula is C19H36O5. The van der Waals surface area contributed by atoms with Crippen LogP contribution in [0.3, 0.4) is 0 Å². The van der Waals surface area contributed by atoms with Gasteiger partial charge in [0.15, 0.2) is 0 Å². The van der Waals surface area contributed by atoms with Crippen LogP contribution in [0.4, 0.5) is 0 Å². The highest BCUT2D eigenvalue weighted by Gasteiger charge is 2.10. The molecule has 0 heterocycles. The highest BCUT2D eigenvalue weighted by Crippen LogP contribution is 2.11. The lowest BCUT2D eigenvalue weighted by atomic mass is 10.0. The Morgan fingerprint density at radius 1 is 0.917 bits per heavy atom. The molecule has 3 N–H and O–H groups in total. The van der Waals surface area contributed by atoms with E-state index >= 15 is 0 Å². The number of hydrogen-bond donors (Lipinski definition) is 3. The average Bonchev–Trinajstić information content (AvgIpc) is 2.56. The van der Waals surface area contributed by atoms with Crippen molar-refractivity contribution in [3.8, 4) is 0 Å². The van der Waals surface area contributed by atoms with Gasteiger partial charge in [0, 0.05) is 12.8 Å². The fourth-order valence-electron chi connectivity index (χ4n) is 2.54. The monoisotopic (exact) mass is 344 g/mol. The van der Waals surface area contributed by atoms with Gasteiger partial charge in [-0.3, -0.25) is 4.79 Å². The number of carbonyl (C=O) groups is 1. The van der Waals surface area contributed by atoms with Crippen LogP contribution in [-0.2, 0) is 9.53 Å². The average molecular weight is 344 g/mol. The molecule has 142 valence electrons. The summed E-state index contributed by atoms with van der Waals surface area (Å²) in [6.07, 6.45) is 10.3. The Balaban J connectivity index is 3.71. The SMILES string of the molecule is CCCCCCC(O)CC(O)/C=C/C(O)CCCCCC(=O)OC. The van der Waals surface area contributed by atoms with E-state index in [1.54, 1.807) is 12.2 Å². The summed E-state index contributed by atoms with van der Waals surface area (Å²) in [5, 5.41) is 29.6. The molecule has 5 heteroatoms. The number of hydrogen-bond acceptors (Lipinski definition) is 5. The van der Waals surface area contributed by atoms with E-state index in [1.807, 2.05) is 0 Å². The van der Waals surface area contributed by atoms with Crippen molar-refractivity contribution < 1.29 is 24.9 Å². The van der Waals surface area contributed by atoms with Gasteiger partial charge in [0.05, 0.1) is 25.4 Å². The second kappa shape index (κ2) is 15.6. The summed E-state index contributed by atoms with van der Waals surface area (Å²) >= 11 is 0. The van der Waals surface area contributed by atoms with E-state index in [4.69, 9.17) is 0 Å². The molecule has 0 saturated heterocycles. The fraction of sp³-hybridized carbons (Fsp3) is 0.842. The summed E-state index contributed by atoms with van der Waals surface area (Å²) in [5.41, 5.74) is 0. The topological polar surface area (TPSA) is 87.0 Å². The van der Waals surface area contributed by atoms with Crippen LogP contribution in [-0.4, -0.2) is 46.7 Å². The van der Waals surface area contributed by atoms with Crippen molar-refractivity contribution in [3.05, 3.63) is 12.2 Å². The van der Waals surface area contributed by atoms with Crippen molar-refractivity contribution >= 4 is 5.97 Å². The summed E-state index contributed by atoms with van der Waals surface area (Å²) in [7, 11) is 1.38. The van der Waals surface area contributed by atoms with Crippen LogP contribution in [0.15, 0.2) is 12.2 Å². The molecule has 0 bridgehead atoms. The van der Waals surface area contributed by atoms with Crippen molar-refractivity contribution in [2.24, 2.45) is 0 Å². The van der Waals surface area contributed by atoms with E-state index in [-0.39, 0.29) is 5.97 Å². The molecule has 3 unspecified atom stereocenters. The highest BCUT2D eigenvalue weighted by atomic mass is 16.5. The molecule has 0 aliphatic rings. The molecule has 0 radical (unpaired) electrons. The van der Waals surface area contributed by atoms with Gasteiger partial charge in [-0.05, 0) is 19.3 Å². The van der Waals surface area contributed by atoms with E-state index in [2.05, 4.69) is 11.7 Å². The summed E-state index contributed by atoms with van der Waals surface area (Å²) < 4.78 is 4.56. The number of aliphatic hydroxyl groups excluding tert-OH is 3. The van der Waals surface area contributed by atoms with Crippen LogP contribution in [0.25, 0.3) is 0 Å². The molecule has 0 amide bonds. The number of carbonyl (C=O) groups excluding carboxylic acids is 1. The minimum absolute atomic E-state index is 0.202. The van der Waals surface area contributed by atoms with Gasteiger partial charge in [-0.1, -0.05) is 57.6 Å². The largest absolute Gasteiger partial charge is 0.469 e. The zero-order chi connectivity index (χ0) is 18.2. The van der Waals surface area contributed by atoms with Crippen molar-refractivity contribution in [2.45, 2.75) is 95.9 Å². The molecule has 0 aromatic heterocycles. The number of unbranched alkanes of at least 4 members (excludes halogenated alkanes) is 5. The van der Waals surface area contributed by atoms with Crippen LogP contribution >= 0.6 is 0 Å². The van der Waals surface area contributed by atoms with E-state index in [0.717, 1.165) is 32.1 Å². The van der Waals surface area contributed by atoms with Gasteiger partial charge in [-0.25, -0.2) is 0 Å². The lowest BCUT2D eigenvalue weighted by molar-refractivity contribution is -0.140. The first-order valence-electron chi connectivity index (χ1n) is 9.28. The molecule has 0 aromatic rings. The third-order valence-electron chi connectivity index (χ3n) is 4.07. The normalized spacial score (nSPS) is 15.4. The Hall–Kier alpha value is -0.910. The molecule has 0 saturated carbocycles. The summed E-state index contributed by atoms with van der Waals surface area (Å²) in [4.78, 5) is 10.9. The predicted octanol–water partition coefficient (Wildman–Crippen LogP) is 3.11. The van der Waals surface area contributed by atoms with Gasteiger partial charge >= 0.3 is 5.97 Å². The van der Waals surface area contributed by atoms with Crippen molar-refractivity contribution in [3.63, 3.8) is 0 Å². The number of methoxy groups -OCH3 is 1. The molecule has 3 atom stereocenters. The quantitative estimate of drug-likeness (QED) is 0.241. The first kappa shape index (κ1) is 23.1. The van der Waals surface area contributed by atoms with E-state index in [0.29, 0.717) is 25.7 Å². The zero-order valence-corrected chi connectivity index (χ0v) is 15.3. The van der Waals surface area contributed by atoms with Gasteiger partial charge in [0.1, 0.15) is 0 Å². The molecule has 0 aliphatic carbocycles. The van der Waals surface area contributed by atoms with Crippen molar-refractivity contribution in [2.75, 3.05) is 7.11 Å².